The minimum atomic E-state index is -0.395. The Labute approximate surface area is 137 Å². The molecule has 0 saturated heterocycles. The summed E-state index contributed by atoms with van der Waals surface area (Å²) in [6, 6.07) is 11.2. The molecule has 0 unspecified atom stereocenters. The molecule has 0 aliphatic carbocycles. The maximum atomic E-state index is 11.8. The van der Waals surface area contributed by atoms with Crippen LogP contribution < -0.4 is 0 Å². The number of imidazole rings is 1. The van der Waals surface area contributed by atoms with E-state index >= 15 is 0 Å². The van der Waals surface area contributed by atoms with Crippen molar-refractivity contribution in [2.45, 2.75) is 0 Å². The SMILES string of the molecule is COC(=O)c1cccc2[nH]c(-c3ccc(Br)cc3Br)nc12. The summed E-state index contributed by atoms with van der Waals surface area (Å²) in [4.78, 5) is 19.6. The molecule has 2 aromatic carbocycles. The molecule has 1 N–H and O–H groups in total. The fourth-order valence-corrected chi connectivity index (χ4v) is 3.35. The van der Waals surface area contributed by atoms with Gasteiger partial charge >= 0.3 is 5.97 Å². The second kappa shape index (κ2) is 5.61. The van der Waals surface area contributed by atoms with Gasteiger partial charge in [0.25, 0.3) is 0 Å². The topological polar surface area (TPSA) is 55.0 Å². The van der Waals surface area contributed by atoms with Crippen LogP contribution in [0, 0.1) is 0 Å². The number of aromatic nitrogens is 2. The number of benzene rings is 2. The van der Waals surface area contributed by atoms with E-state index in [2.05, 4.69) is 41.8 Å². The number of ether oxygens (including phenoxy) is 1. The molecule has 0 aliphatic rings. The van der Waals surface area contributed by atoms with Gasteiger partial charge in [-0.2, -0.15) is 0 Å². The fourth-order valence-electron chi connectivity index (χ4n) is 2.12. The molecule has 0 amide bonds. The number of aromatic amines is 1. The maximum absolute atomic E-state index is 11.8. The summed E-state index contributed by atoms with van der Waals surface area (Å²) < 4.78 is 6.68. The van der Waals surface area contributed by atoms with Crippen LogP contribution in [0.5, 0.6) is 0 Å². The third kappa shape index (κ3) is 2.61. The summed E-state index contributed by atoms with van der Waals surface area (Å²) in [5.74, 6) is 0.300. The molecule has 106 valence electrons. The number of hydrogen-bond acceptors (Lipinski definition) is 3. The third-order valence-electron chi connectivity index (χ3n) is 3.10. The van der Waals surface area contributed by atoms with Crippen LogP contribution in [0.1, 0.15) is 10.4 Å². The Kier molecular flexibility index (Phi) is 3.82. The van der Waals surface area contributed by atoms with E-state index in [9.17, 15) is 4.79 Å². The number of methoxy groups -OCH3 is 1. The first kappa shape index (κ1) is 14.3. The second-order valence-electron chi connectivity index (χ2n) is 4.40. The first-order valence-corrected chi connectivity index (χ1v) is 7.71. The lowest BCUT2D eigenvalue weighted by Crippen LogP contribution is -2.01. The molecule has 21 heavy (non-hydrogen) atoms. The van der Waals surface area contributed by atoms with E-state index < -0.39 is 5.97 Å². The number of carbonyl (C=O) groups is 1. The Balaban J connectivity index is 2.19. The summed E-state index contributed by atoms with van der Waals surface area (Å²) in [6.07, 6.45) is 0. The van der Waals surface area contributed by atoms with Crippen LogP contribution >= 0.6 is 31.9 Å². The lowest BCUT2D eigenvalue weighted by Gasteiger charge is -2.01. The van der Waals surface area contributed by atoms with Crippen molar-refractivity contribution in [1.29, 1.82) is 0 Å². The van der Waals surface area contributed by atoms with Gasteiger partial charge in [-0.1, -0.05) is 22.0 Å². The zero-order valence-electron chi connectivity index (χ0n) is 11.0. The molecule has 3 rings (SSSR count). The molecule has 1 aromatic heterocycles. The number of esters is 1. The number of rotatable bonds is 2. The van der Waals surface area contributed by atoms with Gasteiger partial charge in [-0.25, -0.2) is 9.78 Å². The Morgan fingerprint density at radius 3 is 2.76 bits per heavy atom. The van der Waals surface area contributed by atoms with Gasteiger partial charge in [0.05, 0.1) is 18.2 Å². The second-order valence-corrected chi connectivity index (χ2v) is 6.17. The maximum Gasteiger partial charge on any atom is 0.340 e. The lowest BCUT2D eigenvalue weighted by molar-refractivity contribution is 0.0603. The van der Waals surface area contributed by atoms with Crippen LogP contribution in [0.25, 0.3) is 22.4 Å². The normalized spacial score (nSPS) is 10.8. The molecule has 0 spiro atoms. The monoisotopic (exact) mass is 408 g/mol. The van der Waals surface area contributed by atoms with Gasteiger partial charge in [-0.3, -0.25) is 0 Å². The number of fused-ring (bicyclic) bond motifs is 1. The van der Waals surface area contributed by atoms with Crippen molar-refractivity contribution in [3.05, 3.63) is 50.9 Å². The van der Waals surface area contributed by atoms with Gasteiger partial charge in [0.2, 0.25) is 0 Å². The molecular formula is C15H10Br2N2O2. The minimum Gasteiger partial charge on any atom is -0.465 e. The number of nitrogens with zero attached hydrogens (tertiary/aromatic N) is 1. The van der Waals surface area contributed by atoms with Crippen molar-refractivity contribution >= 4 is 48.9 Å². The Morgan fingerprint density at radius 2 is 2.05 bits per heavy atom. The molecule has 4 nitrogen and oxygen atoms in total. The summed E-state index contributed by atoms with van der Waals surface area (Å²) in [5, 5.41) is 0. The highest BCUT2D eigenvalue weighted by Gasteiger charge is 2.15. The Morgan fingerprint density at radius 1 is 1.24 bits per heavy atom. The zero-order chi connectivity index (χ0) is 15.0. The van der Waals surface area contributed by atoms with Crippen molar-refractivity contribution in [3.8, 4) is 11.4 Å². The average molecular weight is 410 g/mol. The van der Waals surface area contributed by atoms with Gasteiger partial charge in [0.1, 0.15) is 11.3 Å². The summed E-state index contributed by atoms with van der Waals surface area (Å²) in [6.45, 7) is 0. The minimum absolute atomic E-state index is 0.395. The van der Waals surface area contributed by atoms with E-state index in [0.29, 0.717) is 16.9 Å². The molecule has 0 saturated carbocycles. The van der Waals surface area contributed by atoms with E-state index in [1.807, 2.05) is 24.3 Å². The average Bonchev–Trinajstić information content (AvgIpc) is 2.89. The highest BCUT2D eigenvalue weighted by molar-refractivity contribution is 9.11. The first-order valence-electron chi connectivity index (χ1n) is 6.12. The standard InChI is InChI=1S/C15H10Br2N2O2/c1-21-15(20)10-3-2-4-12-13(10)19-14(18-12)9-6-5-8(16)7-11(9)17/h2-7H,1H3,(H,18,19). The van der Waals surface area contributed by atoms with Crippen molar-refractivity contribution in [2.24, 2.45) is 0 Å². The van der Waals surface area contributed by atoms with Crippen LogP contribution in [-0.4, -0.2) is 23.0 Å². The van der Waals surface area contributed by atoms with Gasteiger partial charge < -0.3 is 9.72 Å². The van der Waals surface area contributed by atoms with Gasteiger partial charge in [-0.05, 0) is 46.3 Å². The molecule has 1 heterocycles. The highest BCUT2D eigenvalue weighted by Crippen LogP contribution is 2.31. The zero-order valence-corrected chi connectivity index (χ0v) is 14.2. The predicted octanol–water partition coefficient (Wildman–Crippen LogP) is 4.54. The number of carbonyl (C=O) groups excluding carboxylic acids is 1. The van der Waals surface area contributed by atoms with E-state index in [1.54, 1.807) is 12.1 Å². The summed E-state index contributed by atoms with van der Waals surface area (Å²) in [7, 11) is 1.36. The third-order valence-corrected chi connectivity index (χ3v) is 4.25. The molecule has 0 atom stereocenters. The lowest BCUT2D eigenvalue weighted by atomic mass is 10.2. The van der Waals surface area contributed by atoms with Crippen LogP contribution in [0.4, 0.5) is 0 Å². The number of halogens is 2. The molecule has 6 heteroatoms. The Hall–Kier alpha value is -1.66. The number of H-pyrrole nitrogens is 1. The van der Waals surface area contributed by atoms with Gasteiger partial charge in [0.15, 0.2) is 0 Å². The quantitative estimate of drug-likeness (QED) is 0.632. The van der Waals surface area contributed by atoms with E-state index in [0.717, 1.165) is 20.0 Å². The largest absolute Gasteiger partial charge is 0.465 e. The van der Waals surface area contributed by atoms with E-state index in [4.69, 9.17) is 4.74 Å². The molecule has 0 aliphatic heterocycles. The van der Waals surface area contributed by atoms with Crippen molar-refractivity contribution in [3.63, 3.8) is 0 Å². The highest BCUT2D eigenvalue weighted by atomic mass is 79.9. The van der Waals surface area contributed by atoms with Gasteiger partial charge in [0, 0.05) is 14.5 Å². The number of hydrogen-bond donors (Lipinski definition) is 1. The van der Waals surface area contributed by atoms with Gasteiger partial charge in [-0.15, -0.1) is 0 Å². The van der Waals surface area contributed by atoms with Crippen molar-refractivity contribution < 1.29 is 9.53 Å². The van der Waals surface area contributed by atoms with Crippen LogP contribution in [0.15, 0.2) is 45.3 Å². The van der Waals surface area contributed by atoms with Crippen LogP contribution in [-0.2, 0) is 4.74 Å². The molecule has 3 aromatic rings. The fraction of sp³-hybridized carbons (Fsp3) is 0.0667. The van der Waals surface area contributed by atoms with E-state index in [-0.39, 0.29) is 0 Å². The summed E-state index contributed by atoms with van der Waals surface area (Å²) >= 11 is 6.94. The molecule has 0 fully saturated rings. The number of nitrogens with one attached hydrogen (secondary N) is 1. The number of para-hydroxylation sites is 1. The molecular weight excluding hydrogens is 400 g/mol. The molecule has 0 radical (unpaired) electrons. The molecule has 0 bridgehead atoms. The van der Waals surface area contributed by atoms with Crippen LogP contribution in [0.3, 0.4) is 0 Å². The van der Waals surface area contributed by atoms with Crippen molar-refractivity contribution in [2.75, 3.05) is 7.11 Å². The smallest absolute Gasteiger partial charge is 0.340 e. The Bertz CT molecular complexity index is 843. The van der Waals surface area contributed by atoms with Crippen LogP contribution in [0.2, 0.25) is 0 Å². The summed E-state index contributed by atoms with van der Waals surface area (Å²) in [5.41, 5.74) is 2.77. The predicted molar refractivity (Wildman–Crippen MR) is 88.3 cm³/mol. The first-order chi connectivity index (χ1) is 10.1. The van der Waals surface area contributed by atoms with Crippen molar-refractivity contribution in [1.82, 2.24) is 9.97 Å². The van der Waals surface area contributed by atoms with E-state index in [1.165, 1.54) is 7.11 Å².